The zero-order chi connectivity index (χ0) is 16.9. The Hall–Kier alpha value is -1.55. The summed E-state index contributed by atoms with van der Waals surface area (Å²) in [5.74, 6) is 0.797. The number of hydrogen-bond donors (Lipinski definition) is 3. The Kier molecular flexibility index (Phi) is 5.77. The first kappa shape index (κ1) is 17.3. The second-order valence-corrected chi connectivity index (χ2v) is 7.07. The van der Waals surface area contributed by atoms with E-state index in [0.29, 0.717) is 29.3 Å². The molecular formula is C20H24ClNO2. The molecule has 0 radical (unpaired) electrons. The smallest absolute Gasteiger partial charge is 0.115 e. The number of nitrogens with one attached hydrogen (secondary N) is 1. The van der Waals surface area contributed by atoms with Crippen molar-refractivity contribution in [3.8, 4) is 5.75 Å². The van der Waals surface area contributed by atoms with E-state index in [0.717, 1.165) is 31.2 Å². The number of aliphatic hydroxyl groups is 1. The third kappa shape index (κ3) is 4.50. The Morgan fingerprint density at radius 1 is 1.12 bits per heavy atom. The van der Waals surface area contributed by atoms with Gasteiger partial charge in [-0.05, 0) is 60.6 Å². The maximum Gasteiger partial charge on any atom is 0.115 e. The van der Waals surface area contributed by atoms with Crippen molar-refractivity contribution < 1.29 is 10.2 Å². The Morgan fingerprint density at radius 2 is 1.96 bits per heavy atom. The van der Waals surface area contributed by atoms with Gasteiger partial charge in [0.25, 0.3) is 0 Å². The lowest BCUT2D eigenvalue weighted by Crippen LogP contribution is -2.36. The highest BCUT2D eigenvalue weighted by Crippen LogP contribution is 2.34. The van der Waals surface area contributed by atoms with E-state index in [9.17, 15) is 10.2 Å². The van der Waals surface area contributed by atoms with Crippen LogP contribution in [0.15, 0.2) is 48.5 Å². The summed E-state index contributed by atoms with van der Waals surface area (Å²) in [7, 11) is 0. The standard InChI is InChI=1S/C20H24ClNO2/c21-17-7-1-6-16(10-17)20(24)13-22-18-8-2-4-14(11-18)15-5-3-9-19(23)12-15/h1,3,5-7,9-10,12,14,18,20,22-24H,2,4,8,11,13H2. The largest absolute Gasteiger partial charge is 0.508 e. The van der Waals surface area contributed by atoms with E-state index < -0.39 is 6.10 Å². The Morgan fingerprint density at radius 3 is 2.75 bits per heavy atom. The van der Waals surface area contributed by atoms with Gasteiger partial charge >= 0.3 is 0 Å². The minimum absolute atomic E-state index is 0.332. The summed E-state index contributed by atoms with van der Waals surface area (Å²) in [4.78, 5) is 0. The van der Waals surface area contributed by atoms with Crippen molar-refractivity contribution in [2.24, 2.45) is 0 Å². The van der Waals surface area contributed by atoms with Gasteiger partial charge < -0.3 is 15.5 Å². The number of aromatic hydroxyl groups is 1. The number of aliphatic hydroxyl groups excluding tert-OH is 1. The molecule has 128 valence electrons. The molecule has 0 amide bonds. The number of phenolic OH excluding ortho intramolecular Hbond substituents is 1. The van der Waals surface area contributed by atoms with E-state index in [1.165, 1.54) is 5.56 Å². The monoisotopic (exact) mass is 345 g/mol. The van der Waals surface area contributed by atoms with Crippen molar-refractivity contribution in [2.75, 3.05) is 6.54 Å². The first-order valence-electron chi connectivity index (χ1n) is 8.57. The average Bonchev–Trinajstić information content (AvgIpc) is 2.60. The molecule has 0 heterocycles. The summed E-state index contributed by atoms with van der Waals surface area (Å²) in [5.41, 5.74) is 2.05. The number of benzene rings is 2. The summed E-state index contributed by atoms with van der Waals surface area (Å²) in [6.07, 6.45) is 3.91. The zero-order valence-corrected chi connectivity index (χ0v) is 14.4. The van der Waals surface area contributed by atoms with Crippen LogP contribution in [0.2, 0.25) is 5.02 Å². The van der Waals surface area contributed by atoms with Gasteiger partial charge in [0.15, 0.2) is 0 Å². The van der Waals surface area contributed by atoms with Crippen LogP contribution in [0.1, 0.15) is 48.8 Å². The lowest BCUT2D eigenvalue weighted by molar-refractivity contribution is 0.164. The minimum atomic E-state index is -0.551. The van der Waals surface area contributed by atoms with Gasteiger partial charge in [0.2, 0.25) is 0 Å². The van der Waals surface area contributed by atoms with Crippen LogP contribution < -0.4 is 5.32 Å². The van der Waals surface area contributed by atoms with Gasteiger partial charge in [0, 0.05) is 17.6 Å². The quantitative estimate of drug-likeness (QED) is 0.753. The first-order valence-corrected chi connectivity index (χ1v) is 8.95. The Labute approximate surface area is 148 Å². The molecule has 3 unspecified atom stereocenters. The van der Waals surface area contributed by atoms with Gasteiger partial charge in [-0.25, -0.2) is 0 Å². The molecule has 2 aromatic rings. The van der Waals surface area contributed by atoms with Crippen molar-refractivity contribution >= 4 is 11.6 Å². The molecule has 3 atom stereocenters. The maximum atomic E-state index is 10.3. The second kappa shape index (κ2) is 8.02. The molecule has 3 N–H and O–H groups in total. The van der Waals surface area contributed by atoms with Gasteiger partial charge in [-0.3, -0.25) is 0 Å². The predicted octanol–water partition coefficient (Wildman–Crippen LogP) is 4.40. The zero-order valence-electron chi connectivity index (χ0n) is 13.7. The van der Waals surface area contributed by atoms with Crippen LogP contribution in [0.4, 0.5) is 0 Å². The van der Waals surface area contributed by atoms with Crippen molar-refractivity contribution in [1.82, 2.24) is 5.32 Å². The second-order valence-electron chi connectivity index (χ2n) is 6.63. The topological polar surface area (TPSA) is 52.5 Å². The SMILES string of the molecule is Oc1cccc(C2CCCC(NCC(O)c3cccc(Cl)c3)C2)c1. The summed E-state index contributed by atoms with van der Waals surface area (Å²) >= 11 is 5.99. The first-order chi connectivity index (χ1) is 11.6. The van der Waals surface area contributed by atoms with E-state index in [1.807, 2.05) is 36.4 Å². The minimum Gasteiger partial charge on any atom is -0.508 e. The van der Waals surface area contributed by atoms with E-state index in [-0.39, 0.29) is 0 Å². The molecule has 1 saturated carbocycles. The molecule has 1 fully saturated rings. The molecule has 0 aromatic heterocycles. The Bertz CT molecular complexity index is 676. The van der Waals surface area contributed by atoms with E-state index in [4.69, 9.17) is 11.6 Å². The lowest BCUT2D eigenvalue weighted by atomic mass is 9.81. The molecule has 0 aliphatic heterocycles. The van der Waals surface area contributed by atoms with E-state index in [1.54, 1.807) is 6.07 Å². The Balaban J connectivity index is 1.56. The van der Waals surface area contributed by atoms with Gasteiger partial charge in [0.05, 0.1) is 6.10 Å². The highest BCUT2D eigenvalue weighted by molar-refractivity contribution is 6.30. The fraction of sp³-hybridized carbons (Fsp3) is 0.400. The van der Waals surface area contributed by atoms with Gasteiger partial charge in [-0.2, -0.15) is 0 Å². The molecule has 0 saturated heterocycles. The number of halogens is 1. The van der Waals surface area contributed by atoms with Crippen LogP contribution in [0.5, 0.6) is 5.75 Å². The molecule has 1 aliphatic carbocycles. The van der Waals surface area contributed by atoms with Crippen molar-refractivity contribution in [3.63, 3.8) is 0 Å². The molecule has 0 spiro atoms. The molecule has 2 aromatic carbocycles. The number of rotatable bonds is 5. The molecular weight excluding hydrogens is 322 g/mol. The highest BCUT2D eigenvalue weighted by atomic mass is 35.5. The molecule has 3 rings (SSSR count). The molecule has 3 nitrogen and oxygen atoms in total. The van der Waals surface area contributed by atoms with Crippen LogP contribution in [0.25, 0.3) is 0 Å². The fourth-order valence-corrected chi connectivity index (χ4v) is 3.77. The van der Waals surface area contributed by atoms with Crippen LogP contribution >= 0.6 is 11.6 Å². The van der Waals surface area contributed by atoms with Crippen molar-refractivity contribution in [2.45, 2.75) is 43.7 Å². The summed E-state index contributed by atoms with van der Waals surface area (Å²) in [6.45, 7) is 0.526. The molecule has 0 bridgehead atoms. The van der Waals surface area contributed by atoms with Crippen molar-refractivity contribution in [1.29, 1.82) is 0 Å². The van der Waals surface area contributed by atoms with Crippen molar-refractivity contribution in [3.05, 3.63) is 64.7 Å². The third-order valence-corrected chi connectivity index (χ3v) is 5.08. The number of phenols is 1. The number of hydrogen-bond acceptors (Lipinski definition) is 3. The fourth-order valence-electron chi connectivity index (χ4n) is 3.57. The van der Waals surface area contributed by atoms with Crippen LogP contribution in [-0.2, 0) is 0 Å². The van der Waals surface area contributed by atoms with E-state index >= 15 is 0 Å². The van der Waals surface area contributed by atoms with Gasteiger partial charge in [0.1, 0.15) is 5.75 Å². The molecule has 1 aliphatic rings. The molecule has 24 heavy (non-hydrogen) atoms. The van der Waals surface area contributed by atoms with Gasteiger partial charge in [-0.15, -0.1) is 0 Å². The lowest BCUT2D eigenvalue weighted by Gasteiger charge is -2.31. The summed E-state index contributed by atoms with van der Waals surface area (Å²) in [5, 5.41) is 24.2. The normalized spacial score (nSPS) is 22.2. The third-order valence-electron chi connectivity index (χ3n) is 4.85. The summed E-state index contributed by atoms with van der Waals surface area (Å²) < 4.78 is 0. The average molecular weight is 346 g/mol. The summed E-state index contributed by atoms with van der Waals surface area (Å²) in [6, 6.07) is 15.3. The molecule has 4 heteroatoms. The van der Waals surface area contributed by atoms with Gasteiger partial charge in [-0.1, -0.05) is 42.3 Å². The highest BCUT2D eigenvalue weighted by Gasteiger charge is 2.23. The van der Waals surface area contributed by atoms with Crippen LogP contribution in [-0.4, -0.2) is 22.8 Å². The van der Waals surface area contributed by atoms with E-state index in [2.05, 4.69) is 11.4 Å². The van der Waals surface area contributed by atoms with Crippen LogP contribution in [0.3, 0.4) is 0 Å². The van der Waals surface area contributed by atoms with Crippen LogP contribution in [0, 0.1) is 0 Å². The maximum absolute atomic E-state index is 10.3. The predicted molar refractivity (Wildman–Crippen MR) is 97.5 cm³/mol.